The molecule has 2 rings (SSSR count). The second-order valence-electron chi connectivity index (χ2n) is 4.43. The van der Waals surface area contributed by atoms with E-state index in [4.69, 9.17) is 36.8 Å². The molecule has 126 valence electrons. The van der Waals surface area contributed by atoms with E-state index in [1.165, 1.54) is 18.2 Å². The fourth-order valence-corrected chi connectivity index (χ4v) is 1.77. The van der Waals surface area contributed by atoms with Gasteiger partial charge in [0, 0.05) is 5.46 Å². The molecule has 2 aromatic rings. The van der Waals surface area contributed by atoms with Crippen LogP contribution in [0.3, 0.4) is 0 Å². The standard InChI is InChI=1S/C7H6BFO4.C6H5BClFO2/c9-6-2-1-4(8(12)13)3-5(6)7(10)11;8-5-3-1-2-4(6(5)9)7(10)11/h1-3,12-13H,(H,10,11);1-3,10-11H. The molecule has 0 amide bonds. The van der Waals surface area contributed by atoms with Crippen LogP contribution in [0.4, 0.5) is 8.78 Å². The Balaban J connectivity index is 0.000000243. The van der Waals surface area contributed by atoms with E-state index < -0.39 is 37.4 Å². The Hall–Kier alpha value is -1.97. The van der Waals surface area contributed by atoms with Crippen LogP contribution in [-0.4, -0.2) is 45.4 Å². The minimum Gasteiger partial charge on any atom is -0.478 e. The topological polar surface area (TPSA) is 118 Å². The molecular weight excluding hydrogens is 347 g/mol. The molecule has 0 fully saturated rings. The molecular formula is C13H11B2ClF2O6. The van der Waals surface area contributed by atoms with Gasteiger partial charge in [-0.3, -0.25) is 0 Å². The largest absolute Gasteiger partial charge is 0.491 e. The summed E-state index contributed by atoms with van der Waals surface area (Å²) in [5.41, 5.74) is -0.845. The summed E-state index contributed by atoms with van der Waals surface area (Å²) in [5, 5.41) is 42.8. The summed E-state index contributed by atoms with van der Waals surface area (Å²) >= 11 is 5.36. The van der Waals surface area contributed by atoms with Crippen LogP contribution < -0.4 is 10.9 Å². The molecule has 6 nitrogen and oxygen atoms in total. The van der Waals surface area contributed by atoms with Gasteiger partial charge in [0.2, 0.25) is 0 Å². The van der Waals surface area contributed by atoms with E-state index in [0.717, 1.165) is 18.2 Å². The maximum atomic E-state index is 12.8. The molecule has 5 N–H and O–H groups in total. The molecule has 0 aliphatic rings. The van der Waals surface area contributed by atoms with Gasteiger partial charge in [0.25, 0.3) is 0 Å². The first-order valence-electron chi connectivity index (χ1n) is 6.34. The Labute approximate surface area is 140 Å². The highest BCUT2D eigenvalue weighted by atomic mass is 35.5. The van der Waals surface area contributed by atoms with Gasteiger partial charge in [-0.1, -0.05) is 29.8 Å². The van der Waals surface area contributed by atoms with E-state index in [-0.39, 0.29) is 15.9 Å². The maximum absolute atomic E-state index is 12.8. The van der Waals surface area contributed by atoms with E-state index in [9.17, 15) is 13.6 Å². The van der Waals surface area contributed by atoms with Crippen LogP contribution in [0.25, 0.3) is 0 Å². The van der Waals surface area contributed by atoms with Crippen molar-refractivity contribution in [2.24, 2.45) is 0 Å². The Morgan fingerprint density at radius 1 is 1.00 bits per heavy atom. The van der Waals surface area contributed by atoms with Gasteiger partial charge in [0.15, 0.2) is 0 Å². The van der Waals surface area contributed by atoms with Crippen molar-refractivity contribution in [3.05, 3.63) is 58.6 Å². The van der Waals surface area contributed by atoms with Gasteiger partial charge in [-0.25, -0.2) is 13.6 Å². The molecule has 0 saturated heterocycles. The SMILES string of the molecule is O=C(O)c1cc(B(O)O)ccc1F.OB(O)c1cccc(Cl)c1F. The Bertz CT molecular complexity index is 730. The Morgan fingerprint density at radius 2 is 1.62 bits per heavy atom. The van der Waals surface area contributed by atoms with Crippen LogP contribution in [-0.2, 0) is 0 Å². The number of rotatable bonds is 3. The van der Waals surface area contributed by atoms with Crippen molar-refractivity contribution < 1.29 is 38.8 Å². The van der Waals surface area contributed by atoms with Gasteiger partial charge in [0.1, 0.15) is 11.6 Å². The second-order valence-corrected chi connectivity index (χ2v) is 4.84. The van der Waals surface area contributed by atoms with Crippen LogP contribution in [0, 0.1) is 11.6 Å². The molecule has 0 unspecified atom stereocenters. The predicted octanol–water partition coefficient (Wildman–Crippen LogP) is -0.637. The Morgan fingerprint density at radius 3 is 2.08 bits per heavy atom. The summed E-state index contributed by atoms with van der Waals surface area (Å²) in [7, 11) is -3.60. The van der Waals surface area contributed by atoms with Gasteiger partial charge in [-0.05, 0) is 23.7 Å². The highest BCUT2D eigenvalue weighted by Crippen LogP contribution is 2.10. The Kier molecular flexibility index (Phi) is 7.33. The third-order valence-electron chi connectivity index (χ3n) is 2.78. The first-order valence-corrected chi connectivity index (χ1v) is 6.71. The van der Waals surface area contributed by atoms with Crippen molar-refractivity contribution >= 4 is 42.7 Å². The maximum Gasteiger partial charge on any atom is 0.491 e. The lowest BCUT2D eigenvalue weighted by Gasteiger charge is -2.01. The normalized spacial score (nSPS) is 9.79. The molecule has 0 saturated carbocycles. The number of hydrogen-bond acceptors (Lipinski definition) is 5. The van der Waals surface area contributed by atoms with Crippen molar-refractivity contribution in [3.63, 3.8) is 0 Å². The van der Waals surface area contributed by atoms with Crippen LogP contribution >= 0.6 is 11.6 Å². The van der Waals surface area contributed by atoms with Crippen molar-refractivity contribution in [2.75, 3.05) is 0 Å². The van der Waals surface area contributed by atoms with Crippen LogP contribution in [0.1, 0.15) is 10.4 Å². The van der Waals surface area contributed by atoms with Crippen molar-refractivity contribution in [2.45, 2.75) is 0 Å². The second kappa shape index (κ2) is 8.76. The van der Waals surface area contributed by atoms with Gasteiger partial charge in [-0.2, -0.15) is 0 Å². The lowest BCUT2D eigenvalue weighted by atomic mass is 9.79. The van der Waals surface area contributed by atoms with Gasteiger partial charge >= 0.3 is 20.2 Å². The first-order chi connectivity index (χ1) is 11.1. The number of carbonyl (C=O) groups is 1. The highest BCUT2D eigenvalue weighted by Gasteiger charge is 2.17. The molecule has 2 aromatic carbocycles. The highest BCUT2D eigenvalue weighted by molar-refractivity contribution is 6.59. The van der Waals surface area contributed by atoms with Gasteiger partial charge in [0.05, 0.1) is 10.6 Å². The summed E-state index contributed by atoms with van der Waals surface area (Å²) in [6.45, 7) is 0. The van der Waals surface area contributed by atoms with Crippen LogP contribution in [0.2, 0.25) is 5.02 Å². The lowest BCUT2D eigenvalue weighted by molar-refractivity contribution is 0.0692. The van der Waals surface area contributed by atoms with Gasteiger partial charge in [-0.15, -0.1) is 0 Å². The lowest BCUT2D eigenvalue weighted by Crippen LogP contribution is -2.32. The molecule has 0 bridgehead atoms. The first kappa shape index (κ1) is 20.1. The van der Waals surface area contributed by atoms with E-state index in [2.05, 4.69) is 0 Å². The molecule has 0 radical (unpaired) electrons. The zero-order chi connectivity index (χ0) is 18.4. The number of hydrogen-bond donors (Lipinski definition) is 5. The molecule has 0 spiro atoms. The third kappa shape index (κ3) is 5.29. The van der Waals surface area contributed by atoms with E-state index in [0.29, 0.717) is 0 Å². The van der Waals surface area contributed by atoms with Crippen LogP contribution in [0.5, 0.6) is 0 Å². The predicted molar refractivity (Wildman–Crippen MR) is 84.4 cm³/mol. The molecule has 0 atom stereocenters. The molecule has 0 aromatic heterocycles. The quantitative estimate of drug-likeness (QED) is 0.466. The van der Waals surface area contributed by atoms with Crippen LogP contribution in [0.15, 0.2) is 36.4 Å². The summed E-state index contributed by atoms with van der Waals surface area (Å²) in [6.07, 6.45) is 0. The number of carboxylic acid groups (broad SMARTS) is 1. The minimum absolute atomic E-state index is 0.0567. The van der Waals surface area contributed by atoms with Crippen molar-refractivity contribution in [3.8, 4) is 0 Å². The average Bonchev–Trinajstić information content (AvgIpc) is 2.50. The zero-order valence-electron chi connectivity index (χ0n) is 11.9. The molecule has 0 heterocycles. The molecule has 0 aliphatic heterocycles. The number of carboxylic acids is 1. The van der Waals surface area contributed by atoms with E-state index in [1.54, 1.807) is 0 Å². The summed E-state index contributed by atoms with van der Waals surface area (Å²) in [6, 6.07) is 6.89. The molecule has 0 aliphatic carbocycles. The number of halogens is 3. The molecule has 11 heteroatoms. The summed E-state index contributed by atoms with van der Waals surface area (Å²) < 4.78 is 25.5. The number of aromatic carboxylic acids is 1. The van der Waals surface area contributed by atoms with E-state index in [1.807, 2.05) is 0 Å². The van der Waals surface area contributed by atoms with Gasteiger partial charge < -0.3 is 25.2 Å². The minimum atomic E-state index is -1.81. The fraction of sp³-hybridized carbons (Fsp3) is 0. The monoisotopic (exact) mass is 358 g/mol. The van der Waals surface area contributed by atoms with Crippen molar-refractivity contribution in [1.82, 2.24) is 0 Å². The zero-order valence-corrected chi connectivity index (χ0v) is 12.7. The smallest absolute Gasteiger partial charge is 0.478 e. The average molecular weight is 358 g/mol. The fourth-order valence-electron chi connectivity index (χ4n) is 1.59. The number of benzene rings is 2. The third-order valence-corrected chi connectivity index (χ3v) is 3.07. The summed E-state index contributed by atoms with van der Waals surface area (Å²) in [5.74, 6) is -3.14. The summed E-state index contributed by atoms with van der Waals surface area (Å²) in [4.78, 5) is 10.4. The molecule has 24 heavy (non-hydrogen) atoms. The van der Waals surface area contributed by atoms with Crippen molar-refractivity contribution in [1.29, 1.82) is 0 Å². The van der Waals surface area contributed by atoms with E-state index >= 15 is 0 Å².